The molecule has 20 heavy (non-hydrogen) atoms. The first kappa shape index (κ1) is 15.3. The van der Waals surface area contributed by atoms with Crippen LogP contribution < -0.4 is 11.1 Å². The Hall–Kier alpha value is -1.14. The highest BCUT2D eigenvalue weighted by Crippen LogP contribution is 2.27. The Balaban J connectivity index is 2.04. The van der Waals surface area contributed by atoms with Crippen molar-refractivity contribution in [2.24, 2.45) is 11.7 Å². The van der Waals surface area contributed by atoms with Gasteiger partial charge in [-0.2, -0.15) is 0 Å². The summed E-state index contributed by atoms with van der Waals surface area (Å²) in [5.74, 6) is 1.28. The summed E-state index contributed by atoms with van der Waals surface area (Å²) >= 11 is 0. The monoisotopic (exact) mass is 297 g/mol. The van der Waals surface area contributed by atoms with Gasteiger partial charge in [-0.1, -0.05) is 19.3 Å². The lowest BCUT2D eigenvalue weighted by Crippen LogP contribution is -2.37. The quantitative estimate of drug-likeness (QED) is 0.865. The highest BCUT2D eigenvalue weighted by molar-refractivity contribution is 7.90. The fraction of sp³-hybridized carbons (Fsp3) is 0.643. The molecular weight excluding hydrogens is 274 g/mol. The Morgan fingerprint density at radius 1 is 1.35 bits per heavy atom. The maximum absolute atomic E-state index is 11.4. The summed E-state index contributed by atoms with van der Waals surface area (Å²) in [7, 11) is -3.19. The maximum atomic E-state index is 11.4. The van der Waals surface area contributed by atoms with Gasteiger partial charge in [0.15, 0.2) is 9.84 Å². The van der Waals surface area contributed by atoms with E-state index in [1.165, 1.54) is 44.6 Å². The van der Waals surface area contributed by atoms with Crippen LogP contribution in [-0.4, -0.2) is 32.2 Å². The molecule has 1 heterocycles. The van der Waals surface area contributed by atoms with Crippen molar-refractivity contribution in [3.63, 3.8) is 0 Å². The Morgan fingerprint density at radius 3 is 2.55 bits per heavy atom. The van der Waals surface area contributed by atoms with Crippen LogP contribution in [0.5, 0.6) is 0 Å². The molecule has 3 N–H and O–H groups in total. The van der Waals surface area contributed by atoms with Crippen molar-refractivity contribution < 1.29 is 8.42 Å². The minimum Gasteiger partial charge on any atom is -0.366 e. The number of nitrogens with zero attached hydrogens (tertiary/aromatic N) is 1. The summed E-state index contributed by atoms with van der Waals surface area (Å²) in [6, 6.07) is 3.51. The van der Waals surface area contributed by atoms with Crippen LogP contribution in [-0.2, 0) is 9.84 Å². The molecule has 1 aliphatic carbocycles. The lowest BCUT2D eigenvalue weighted by molar-refractivity contribution is 0.320. The molecule has 1 fully saturated rings. The molecule has 1 atom stereocenters. The number of rotatable bonds is 5. The molecule has 0 aromatic carbocycles. The van der Waals surface area contributed by atoms with Gasteiger partial charge in [-0.15, -0.1) is 0 Å². The van der Waals surface area contributed by atoms with Gasteiger partial charge < -0.3 is 11.1 Å². The second-order valence-electron chi connectivity index (χ2n) is 5.54. The van der Waals surface area contributed by atoms with Gasteiger partial charge >= 0.3 is 0 Å². The van der Waals surface area contributed by atoms with E-state index in [0.29, 0.717) is 18.3 Å². The molecule has 2 rings (SSSR count). The predicted molar refractivity (Wildman–Crippen MR) is 80.4 cm³/mol. The fourth-order valence-electron chi connectivity index (χ4n) is 2.78. The highest BCUT2D eigenvalue weighted by Gasteiger charge is 2.22. The van der Waals surface area contributed by atoms with Gasteiger partial charge in [-0.05, 0) is 30.9 Å². The van der Waals surface area contributed by atoms with Crippen molar-refractivity contribution >= 4 is 15.7 Å². The number of anilines is 1. The lowest BCUT2D eigenvalue weighted by atomic mass is 9.84. The van der Waals surface area contributed by atoms with E-state index in [-0.39, 0.29) is 10.9 Å². The van der Waals surface area contributed by atoms with Crippen LogP contribution in [0.4, 0.5) is 5.82 Å². The summed E-state index contributed by atoms with van der Waals surface area (Å²) in [5.41, 5.74) is 5.86. The zero-order valence-electron chi connectivity index (χ0n) is 11.9. The van der Waals surface area contributed by atoms with Crippen molar-refractivity contribution in [1.82, 2.24) is 4.98 Å². The van der Waals surface area contributed by atoms with E-state index in [0.717, 1.165) is 0 Å². The van der Waals surface area contributed by atoms with E-state index < -0.39 is 9.84 Å². The Morgan fingerprint density at radius 2 is 2.05 bits per heavy atom. The maximum Gasteiger partial charge on any atom is 0.177 e. The van der Waals surface area contributed by atoms with Crippen LogP contribution in [0.1, 0.15) is 32.1 Å². The fourth-order valence-corrected chi connectivity index (χ4v) is 3.34. The number of nitrogens with two attached hydrogens (primary N) is 1. The minimum atomic E-state index is -3.19. The number of nitrogens with one attached hydrogen (secondary N) is 1. The third-order valence-electron chi connectivity index (χ3n) is 3.97. The number of pyridine rings is 1. The number of hydrogen-bond donors (Lipinski definition) is 2. The molecule has 0 saturated heterocycles. The van der Waals surface area contributed by atoms with Gasteiger partial charge in [-0.25, -0.2) is 13.4 Å². The van der Waals surface area contributed by atoms with Gasteiger partial charge in [0, 0.05) is 25.0 Å². The highest BCUT2D eigenvalue weighted by atomic mass is 32.2. The molecule has 1 aromatic heterocycles. The van der Waals surface area contributed by atoms with Crippen LogP contribution in [0.3, 0.4) is 0 Å². The van der Waals surface area contributed by atoms with Crippen molar-refractivity contribution in [2.45, 2.75) is 43.0 Å². The van der Waals surface area contributed by atoms with Crippen molar-refractivity contribution in [3.8, 4) is 0 Å². The smallest absolute Gasteiger partial charge is 0.177 e. The Labute approximate surface area is 120 Å². The summed E-state index contributed by atoms with van der Waals surface area (Å²) in [4.78, 5) is 4.42. The van der Waals surface area contributed by atoms with Crippen LogP contribution in [0.2, 0.25) is 0 Å². The third-order valence-corrected chi connectivity index (χ3v) is 5.07. The normalized spacial score (nSPS) is 18.7. The molecule has 1 aromatic rings. The zero-order valence-corrected chi connectivity index (χ0v) is 12.7. The first-order valence-corrected chi connectivity index (χ1v) is 9.02. The molecule has 0 spiro atoms. The van der Waals surface area contributed by atoms with Crippen molar-refractivity contribution in [1.29, 1.82) is 0 Å². The molecule has 0 bridgehead atoms. The number of hydrogen-bond acceptors (Lipinski definition) is 5. The molecule has 0 amide bonds. The molecule has 5 nitrogen and oxygen atoms in total. The minimum absolute atomic E-state index is 0.215. The van der Waals surface area contributed by atoms with Crippen LogP contribution >= 0.6 is 0 Å². The number of sulfone groups is 1. The SMILES string of the molecule is CS(=O)(=O)c1ccc(NC(CN)C2CCCCC2)nc1. The molecule has 1 aliphatic rings. The van der Waals surface area contributed by atoms with E-state index in [4.69, 9.17) is 5.73 Å². The molecule has 0 radical (unpaired) electrons. The summed E-state index contributed by atoms with van der Waals surface area (Å²) < 4.78 is 22.8. The van der Waals surface area contributed by atoms with Gasteiger partial charge in [0.25, 0.3) is 0 Å². The van der Waals surface area contributed by atoms with Gasteiger partial charge in [0.05, 0.1) is 4.90 Å². The first-order chi connectivity index (χ1) is 9.50. The second kappa shape index (κ2) is 6.54. The first-order valence-electron chi connectivity index (χ1n) is 7.13. The molecular formula is C14H23N3O2S. The zero-order chi connectivity index (χ0) is 14.6. The van der Waals surface area contributed by atoms with Crippen LogP contribution in [0.15, 0.2) is 23.2 Å². The average Bonchev–Trinajstić information content (AvgIpc) is 2.45. The van der Waals surface area contributed by atoms with Crippen LogP contribution in [0.25, 0.3) is 0 Å². The number of aromatic nitrogens is 1. The van der Waals surface area contributed by atoms with E-state index in [1.807, 2.05) is 0 Å². The van der Waals surface area contributed by atoms with Crippen molar-refractivity contribution in [2.75, 3.05) is 18.1 Å². The average molecular weight is 297 g/mol. The Bertz CT molecular complexity index is 522. The third kappa shape index (κ3) is 3.93. The Kier molecular flexibility index (Phi) is 4.99. The topological polar surface area (TPSA) is 85.1 Å². The lowest BCUT2D eigenvalue weighted by Gasteiger charge is -2.30. The van der Waals surface area contributed by atoms with E-state index >= 15 is 0 Å². The molecule has 6 heteroatoms. The molecule has 1 saturated carbocycles. The molecule has 1 unspecified atom stereocenters. The van der Waals surface area contributed by atoms with E-state index in [9.17, 15) is 8.42 Å². The van der Waals surface area contributed by atoms with Gasteiger partial charge in [-0.3, -0.25) is 0 Å². The summed E-state index contributed by atoms with van der Waals surface area (Å²) in [6.07, 6.45) is 8.84. The standard InChI is InChI=1S/C14H23N3O2S/c1-20(18,19)12-7-8-14(16-10-12)17-13(9-15)11-5-3-2-4-6-11/h7-8,10-11,13H,2-6,9,15H2,1H3,(H,16,17). The summed E-state index contributed by atoms with van der Waals surface area (Å²) in [6.45, 7) is 0.570. The van der Waals surface area contributed by atoms with E-state index in [2.05, 4.69) is 10.3 Å². The predicted octanol–water partition coefficient (Wildman–Crippen LogP) is 1.80. The molecule has 112 valence electrons. The van der Waals surface area contributed by atoms with E-state index in [1.54, 1.807) is 12.1 Å². The second-order valence-corrected chi connectivity index (χ2v) is 7.55. The largest absolute Gasteiger partial charge is 0.366 e. The molecule has 0 aliphatic heterocycles. The summed E-state index contributed by atoms with van der Waals surface area (Å²) in [5, 5.41) is 3.35. The van der Waals surface area contributed by atoms with Gasteiger partial charge in [0.1, 0.15) is 5.82 Å². The van der Waals surface area contributed by atoms with Crippen LogP contribution in [0, 0.1) is 5.92 Å². The van der Waals surface area contributed by atoms with Gasteiger partial charge in [0.2, 0.25) is 0 Å². The van der Waals surface area contributed by atoms with Crippen molar-refractivity contribution in [3.05, 3.63) is 18.3 Å².